The lowest BCUT2D eigenvalue weighted by molar-refractivity contribution is -0.384. The third-order valence-corrected chi connectivity index (χ3v) is 4.39. The fourth-order valence-electron chi connectivity index (χ4n) is 1.73. The highest BCUT2D eigenvalue weighted by molar-refractivity contribution is 7.90. The van der Waals surface area contributed by atoms with Gasteiger partial charge in [-0.1, -0.05) is 6.92 Å². The first kappa shape index (κ1) is 17.3. The fourth-order valence-corrected chi connectivity index (χ4v) is 2.37. The van der Waals surface area contributed by atoms with Crippen molar-refractivity contribution in [2.75, 3.05) is 24.8 Å². The number of nitro benzene ring substituents is 1. The van der Waals surface area contributed by atoms with Crippen LogP contribution in [0.25, 0.3) is 0 Å². The van der Waals surface area contributed by atoms with E-state index >= 15 is 0 Å². The maximum Gasteiger partial charge on any atom is 0.293 e. The van der Waals surface area contributed by atoms with E-state index < -0.39 is 39.2 Å². The fraction of sp³-hybridized carbons (Fsp3) is 0.500. The van der Waals surface area contributed by atoms with Crippen LogP contribution in [-0.2, 0) is 9.84 Å². The zero-order valence-electron chi connectivity index (χ0n) is 11.7. The lowest BCUT2D eigenvalue weighted by atomic mass is 9.98. The second-order valence-electron chi connectivity index (χ2n) is 4.78. The first-order chi connectivity index (χ1) is 9.69. The van der Waals surface area contributed by atoms with Gasteiger partial charge in [0.2, 0.25) is 0 Å². The van der Waals surface area contributed by atoms with Crippen molar-refractivity contribution in [1.82, 2.24) is 0 Å². The topological polar surface area (TPSA) is 130 Å². The van der Waals surface area contributed by atoms with Crippen molar-refractivity contribution < 1.29 is 23.6 Å². The molecule has 0 atom stereocenters. The second-order valence-corrected chi connectivity index (χ2v) is 6.80. The van der Waals surface area contributed by atoms with Crippen LogP contribution in [0.3, 0.4) is 0 Å². The van der Waals surface area contributed by atoms with Crippen molar-refractivity contribution in [2.45, 2.75) is 23.8 Å². The van der Waals surface area contributed by atoms with Gasteiger partial charge in [0.1, 0.15) is 5.69 Å². The van der Waals surface area contributed by atoms with Gasteiger partial charge in [0.05, 0.1) is 28.6 Å². The van der Waals surface area contributed by atoms with Gasteiger partial charge in [-0.2, -0.15) is 0 Å². The maximum absolute atomic E-state index is 11.4. The normalized spacial score (nSPS) is 12.2. The molecule has 0 amide bonds. The summed E-state index contributed by atoms with van der Waals surface area (Å²) in [7, 11) is -3.57. The number of sulfone groups is 1. The van der Waals surface area contributed by atoms with E-state index in [9.17, 15) is 28.7 Å². The Kier molecular flexibility index (Phi) is 5.26. The van der Waals surface area contributed by atoms with E-state index in [0.717, 1.165) is 12.3 Å². The Morgan fingerprint density at radius 1 is 1.33 bits per heavy atom. The average Bonchev–Trinajstić information content (AvgIpc) is 2.43. The van der Waals surface area contributed by atoms with Crippen LogP contribution in [0.2, 0.25) is 0 Å². The Bertz CT molecular complexity index is 616. The van der Waals surface area contributed by atoms with Gasteiger partial charge in [-0.3, -0.25) is 10.1 Å². The minimum absolute atomic E-state index is 0.0392. The van der Waals surface area contributed by atoms with Crippen LogP contribution in [0.5, 0.6) is 0 Å². The summed E-state index contributed by atoms with van der Waals surface area (Å²) < 4.78 is 22.9. The number of anilines is 1. The molecule has 0 heterocycles. The van der Waals surface area contributed by atoms with Crippen LogP contribution in [0.1, 0.15) is 13.3 Å². The minimum Gasteiger partial charge on any atom is -0.394 e. The van der Waals surface area contributed by atoms with Crippen LogP contribution in [0.15, 0.2) is 23.1 Å². The summed E-state index contributed by atoms with van der Waals surface area (Å²) in [6.07, 6.45) is 1.28. The predicted octanol–water partition coefficient (Wildman–Crippen LogP) is 0.544. The highest BCUT2D eigenvalue weighted by atomic mass is 32.2. The number of nitro groups is 1. The van der Waals surface area contributed by atoms with Crippen LogP contribution >= 0.6 is 0 Å². The number of rotatable bonds is 7. The van der Waals surface area contributed by atoms with Gasteiger partial charge in [0.25, 0.3) is 5.69 Å². The molecule has 9 heteroatoms. The van der Waals surface area contributed by atoms with Crippen molar-refractivity contribution >= 4 is 21.2 Å². The van der Waals surface area contributed by atoms with Gasteiger partial charge >= 0.3 is 0 Å². The number of hydrogen-bond acceptors (Lipinski definition) is 7. The van der Waals surface area contributed by atoms with E-state index in [1.165, 1.54) is 12.1 Å². The molecule has 0 aliphatic carbocycles. The number of hydrogen-bond donors (Lipinski definition) is 3. The van der Waals surface area contributed by atoms with E-state index in [1.54, 1.807) is 6.92 Å². The molecule has 0 radical (unpaired) electrons. The lowest BCUT2D eigenvalue weighted by Crippen LogP contribution is -2.45. The summed E-state index contributed by atoms with van der Waals surface area (Å²) in [6, 6.07) is 3.44. The Balaban J connectivity index is 3.34. The van der Waals surface area contributed by atoms with Gasteiger partial charge in [-0.15, -0.1) is 0 Å². The minimum atomic E-state index is -3.57. The molecule has 0 aliphatic rings. The molecule has 1 aromatic carbocycles. The molecule has 118 valence electrons. The van der Waals surface area contributed by atoms with E-state index in [1.807, 2.05) is 0 Å². The van der Waals surface area contributed by atoms with Crippen molar-refractivity contribution in [3.8, 4) is 0 Å². The number of aliphatic hydroxyl groups excluding tert-OH is 2. The molecule has 0 spiro atoms. The molecule has 3 N–H and O–H groups in total. The molecule has 0 aromatic heterocycles. The molecule has 0 fully saturated rings. The number of aliphatic hydroxyl groups is 2. The second kappa shape index (κ2) is 6.37. The highest BCUT2D eigenvalue weighted by Crippen LogP contribution is 2.30. The number of nitrogens with zero attached hydrogens (tertiary/aromatic N) is 1. The molecule has 8 nitrogen and oxygen atoms in total. The zero-order valence-corrected chi connectivity index (χ0v) is 12.6. The van der Waals surface area contributed by atoms with Gasteiger partial charge in [0.15, 0.2) is 9.84 Å². The first-order valence-corrected chi connectivity index (χ1v) is 8.06. The Hall–Kier alpha value is -1.71. The maximum atomic E-state index is 11.4. The monoisotopic (exact) mass is 318 g/mol. The largest absolute Gasteiger partial charge is 0.394 e. The molecule has 1 rings (SSSR count). The average molecular weight is 318 g/mol. The summed E-state index contributed by atoms with van der Waals surface area (Å²) >= 11 is 0. The van der Waals surface area contributed by atoms with Crippen molar-refractivity contribution in [2.24, 2.45) is 0 Å². The molecule has 0 bridgehead atoms. The van der Waals surface area contributed by atoms with Crippen LogP contribution in [0.4, 0.5) is 11.4 Å². The summed E-state index contributed by atoms with van der Waals surface area (Å²) in [5.41, 5.74) is -1.51. The molecular formula is C12H18N2O6S. The third-order valence-electron chi connectivity index (χ3n) is 3.28. The highest BCUT2D eigenvalue weighted by Gasteiger charge is 2.29. The third kappa shape index (κ3) is 3.90. The molecule has 1 aromatic rings. The first-order valence-electron chi connectivity index (χ1n) is 6.17. The van der Waals surface area contributed by atoms with Crippen molar-refractivity contribution in [3.63, 3.8) is 0 Å². The quantitative estimate of drug-likeness (QED) is 0.494. The Morgan fingerprint density at radius 3 is 2.29 bits per heavy atom. The zero-order chi connectivity index (χ0) is 16.3. The predicted molar refractivity (Wildman–Crippen MR) is 77.0 cm³/mol. The smallest absolute Gasteiger partial charge is 0.293 e. The molecular weight excluding hydrogens is 300 g/mol. The Labute approximate surface area is 122 Å². The molecule has 21 heavy (non-hydrogen) atoms. The van der Waals surface area contributed by atoms with Gasteiger partial charge in [-0.25, -0.2) is 8.42 Å². The van der Waals surface area contributed by atoms with Gasteiger partial charge < -0.3 is 15.5 Å². The summed E-state index contributed by atoms with van der Waals surface area (Å²) in [4.78, 5) is 10.2. The van der Waals surface area contributed by atoms with E-state index in [2.05, 4.69) is 5.32 Å². The lowest BCUT2D eigenvalue weighted by Gasteiger charge is -2.30. The van der Waals surface area contributed by atoms with E-state index in [0.29, 0.717) is 6.42 Å². The standard InChI is InChI=1S/C12H18N2O6S/c1-3-12(7-15,8-16)13-10-5-4-9(21(2,19)20)6-11(10)14(17)18/h4-6,13,15-16H,3,7-8H2,1-2H3. The molecule has 0 aliphatic heterocycles. The van der Waals surface area contributed by atoms with E-state index in [-0.39, 0.29) is 10.6 Å². The summed E-state index contributed by atoms with van der Waals surface area (Å²) in [5, 5.41) is 32.6. The van der Waals surface area contributed by atoms with Crippen LogP contribution < -0.4 is 5.32 Å². The Morgan fingerprint density at radius 2 is 1.90 bits per heavy atom. The number of benzene rings is 1. The molecule has 0 saturated carbocycles. The molecule has 0 unspecified atom stereocenters. The van der Waals surface area contributed by atoms with Crippen LogP contribution in [-0.4, -0.2) is 48.6 Å². The van der Waals surface area contributed by atoms with Crippen LogP contribution in [0, 0.1) is 10.1 Å². The van der Waals surface area contributed by atoms with Gasteiger partial charge in [0, 0.05) is 12.3 Å². The SMILES string of the molecule is CCC(CO)(CO)Nc1ccc(S(C)(=O)=O)cc1[N+](=O)[O-]. The number of nitrogens with one attached hydrogen (secondary N) is 1. The van der Waals surface area contributed by atoms with Crippen molar-refractivity contribution in [1.29, 1.82) is 0 Å². The van der Waals surface area contributed by atoms with Gasteiger partial charge in [-0.05, 0) is 18.6 Å². The van der Waals surface area contributed by atoms with Crippen molar-refractivity contribution in [3.05, 3.63) is 28.3 Å². The summed E-state index contributed by atoms with van der Waals surface area (Å²) in [5.74, 6) is 0. The molecule has 0 saturated heterocycles. The van der Waals surface area contributed by atoms with E-state index in [4.69, 9.17) is 0 Å². The summed E-state index contributed by atoms with van der Waals surface area (Å²) in [6.45, 7) is 0.853.